The van der Waals surface area contributed by atoms with Gasteiger partial charge in [0.2, 0.25) is 0 Å². The first-order valence-electron chi connectivity index (χ1n) is 8.12. The SMILES string of the molecule is CN(CC1COc2ccccc2O1)C(=O)c1ccc(NCCO)nc1. The number of hydrogen-bond donors (Lipinski definition) is 2. The molecule has 0 fully saturated rings. The second-order valence-corrected chi connectivity index (χ2v) is 5.77. The maximum absolute atomic E-state index is 12.5. The quantitative estimate of drug-likeness (QED) is 0.825. The molecule has 2 N–H and O–H groups in total. The molecule has 1 aromatic heterocycles. The summed E-state index contributed by atoms with van der Waals surface area (Å²) < 4.78 is 11.6. The van der Waals surface area contributed by atoms with Crippen LogP contribution in [0.1, 0.15) is 10.4 Å². The lowest BCUT2D eigenvalue weighted by molar-refractivity contribution is 0.0520. The van der Waals surface area contributed by atoms with Crippen LogP contribution in [0.5, 0.6) is 11.5 Å². The fourth-order valence-corrected chi connectivity index (χ4v) is 2.57. The predicted molar refractivity (Wildman–Crippen MR) is 93.1 cm³/mol. The second kappa shape index (κ2) is 7.85. The fourth-order valence-electron chi connectivity index (χ4n) is 2.57. The lowest BCUT2D eigenvalue weighted by Crippen LogP contribution is -2.41. The summed E-state index contributed by atoms with van der Waals surface area (Å²) in [6.45, 7) is 1.26. The van der Waals surface area contributed by atoms with Crippen molar-refractivity contribution in [3.05, 3.63) is 48.2 Å². The van der Waals surface area contributed by atoms with Crippen molar-refractivity contribution in [2.75, 3.05) is 38.7 Å². The molecule has 1 atom stereocenters. The molecule has 0 spiro atoms. The molecule has 1 aliphatic heterocycles. The molecule has 1 aromatic carbocycles. The zero-order valence-corrected chi connectivity index (χ0v) is 14.0. The third-order valence-corrected chi connectivity index (χ3v) is 3.82. The highest BCUT2D eigenvalue weighted by Gasteiger charge is 2.24. The standard InChI is InChI=1S/C18H21N3O4/c1-21(11-14-12-24-15-4-2-3-5-16(15)25-14)18(23)13-6-7-17(20-10-13)19-8-9-22/h2-7,10,14,22H,8-9,11-12H2,1H3,(H,19,20). The largest absolute Gasteiger partial charge is 0.486 e. The molecule has 3 rings (SSSR count). The van der Waals surface area contributed by atoms with E-state index in [4.69, 9.17) is 14.6 Å². The number of para-hydroxylation sites is 2. The Morgan fingerprint density at radius 2 is 2.12 bits per heavy atom. The summed E-state index contributed by atoms with van der Waals surface area (Å²) in [5.74, 6) is 1.90. The third-order valence-electron chi connectivity index (χ3n) is 3.82. The minimum atomic E-state index is -0.220. The van der Waals surface area contributed by atoms with Crippen LogP contribution in [0.4, 0.5) is 5.82 Å². The molecule has 25 heavy (non-hydrogen) atoms. The number of nitrogens with one attached hydrogen (secondary N) is 1. The summed E-state index contributed by atoms with van der Waals surface area (Å²) in [6.07, 6.45) is 1.30. The van der Waals surface area contributed by atoms with Gasteiger partial charge < -0.3 is 24.8 Å². The maximum Gasteiger partial charge on any atom is 0.255 e. The number of benzene rings is 1. The van der Waals surface area contributed by atoms with Gasteiger partial charge in [-0.3, -0.25) is 4.79 Å². The first kappa shape index (κ1) is 17.0. The van der Waals surface area contributed by atoms with Crippen molar-refractivity contribution in [2.45, 2.75) is 6.10 Å². The predicted octanol–water partition coefficient (Wildman–Crippen LogP) is 1.40. The van der Waals surface area contributed by atoms with Crippen LogP contribution in [0.25, 0.3) is 0 Å². The number of hydrogen-bond acceptors (Lipinski definition) is 6. The average Bonchev–Trinajstić information content (AvgIpc) is 2.66. The van der Waals surface area contributed by atoms with Gasteiger partial charge in [-0.05, 0) is 24.3 Å². The number of carbonyl (C=O) groups is 1. The Labute approximate surface area is 146 Å². The van der Waals surface area contributed by atoms with E-state index in [0.717, 1.165) is 5.75 Å². The van der Waals surface area contributed by atoms with Crippen LogP contribution < -0.4 is 14.8 Å². The first-order chi connectivity index (χ1) is 12.2. The van der Waals surface area contributed by atoms with Crippen LogP contribution in [0.2, 0.25) is 0 Å². The van der Waals surface area contributed by atoms with E-state index in [2.05, 4.69) is 10.3 Å². The molecular weight excluding hydrogens is 322 g/mol. The Morgan fingerprint density at radius 1 is 1.32 bits per heavy atom. The molecule has 1 unspecified atom stereocenters. The van der Waals surface area contributed by atoms with Gasteiger partial charge in [-0.25, -0.2) is 4.98 Å². The van der Waals surface area contributed by atoms with Crippen molar-refractivity contribution < 1.29 is 19.4 Å². The highest BCUT2D eigenvalue weighted by atomic mass is 16.6. The summed E-state index contributed by atoms with van der Waals surface area (Å²) in [7, 11) is 1.73. The van der Waals surface area contributed by atoms with Gasteiger partial charge in [0, 0.05) is 19.8 Å². The zero-order valence-electron chi connectivity index (χ0n) is 14.0. The van der Waals surface area contributed by atoms with E-state index < -0.39 is 0 Å². The van der Waals surface area contributed by atoms with Crippen LogP contribution >= 0.6 is 0 Å². The smallest absolute Gasteiger partial charge is 0.255 e. The van der Waals surface area contributed by atoms with Gasteiger partial charge in [-0.2, -0.15) is 0 Å². The number of nitrogens with zero attached hydrogens (tertiary/aromatic N) is 2. The van der Waals surface area contributed by atoms with Gasteiger partial charge in [0.05, 0.1) is 18.7 Å². The van der Waals surface area contributed by atoms with E-state index >= 15 is 0 Å². The normalized spacial score (nSPS) is 15.5. The van der Waals surface area contributed by atoms with Gasteiger partial charge in [-0.1, -0.05) is 12.1 Å². The molecule has 2 heterocycles. The molecule has 0 saturated carbocycles. The Morgan fingerprint density at radius 3 is 2.84 bits per heavy atom. The van der Waals surface area contributed by atoms with Crippen molar-refractivity contribution in [1.82, 2.24) is 9.88 Å². The van der Waals surface area contributed by atoms with Crippen molar-refractivity contribution in [3.8, 4) is 11.5 Å². The molecule has 1 amide bonds. The number of aromatic nitrogens is 1. The second-order valence-electron chi connectivity index (χ2n) is 5.77. The summed E-state index contributed by atoms with van der Waals surface area (Å²) >= 11 is 0. The van der Waals surface area contributed by atoms with Crippen LogP contribution in [0, 0.1) is 0 Å². The van der Waals surface area contributed by atoms with Gasteiger partial charge in [0.25, 0.3) is 5.91 Å². The Balaban J connectivity index is 1.58. The highest BCUT2D eigenvalue weighted by Crippen LogP contribution is 2.31. The third kappa shape index (κ3) is 4.19. The summed E-state index contributed by atoms with van der Waals surface area (Å²) in [4.78, 5) is 18.3. The molecule has 132 valence electrons. The van der Waals surface area contributed by atoms with Crippen molar-refractivity contribution in [3.63, 3.8) is 0 Å². The number of aliphatic hydroxyl groups excluding tert-OH is 1. The maximum atomic E-state index is 12.5. The molecule has 0 radical (unpaired) electrons. The van der Waals surface area contributed by atoms with Crippen molar-refractivity contribution in [1.29, 1.82) is 0 Å². The molecule has 2 aromatic rings. The van der Waals surface area contributed by atoms with Crippen LogP contribution in [-0.2, 0) is 0 Å². The summed E-state index contributed by atoms with van der Waals surface area (Å²) in [6, 6.07) is 10.9. The number of pyridine rings is 1. The Bertz CT molecular complexity index is 721. The number of aliphatic hydroxyl groups is 1. The fraction of sp³-hybridized carbons (Fsp3) is 0.333. The zero-order chi connectivity index (χ0) is 17.6. The number of anilines is 1. The first-order valence-corrected chi connectivity index (χ1v) is 8.12. The molecule has 0 bridgehead atoms. The van der Waals surface area contributed by atoms with E-state index in [-0.39, 0.29) is 18.6 Å². The van der Waals surface area contributed by atoms with Crippen molar-refractivity contribution >= 4 is 11.7 Å². The van der Waals surface area contributed by atoms with Crippen molar-refractivity contribution in [2.24, 2.45) is 0 Å². The molecule has 0 saturated heterocycles. The van der Waals surface area contributed by atoms with E-state index in [1.165, 1.54) is 6.20 Å². The van der Waals surface area contributed by atoms with Crippen LogP contribution in [0.3, 0.4) is 0 Å². The van der Waals surface area contributed by atoms with Gasteiger partial charge in [0.15, 0.2) is 17.6 Å². The average molecular weight is 343 g/mol. The number of likely N-dealkylation sites (N-methyl/N-ethyl adjacent to an activating group) is 1. The highest BCUT2D eigenvalue weighted by molar-refractivity contribution is 5.93. The molecule has 0 aliphatic carbocycles. The summed E-state index contributed by atoms with van der Waals surface area (Å²) in [5.41, 5.74) is 0.495. The van der Waals surface area contributed by atoms with E-state index in [1.807, 2.05) is 24.3 Å². The number of fused-ring (bicyclic) bond motifs is 1. The number of carbonyl (C=O) groups excluding carboxylic acids is 1. The molecule has 7 nitrogen and oxygen atoms in total. The van der Waals surface area contributed by atoms with Gasteiger partial charge in [-0.15, -0.1) is 0 Å². The monoisotopic (exact) mass is 343 g/mol. The Kier molecular flexibility index (Phi) is 5.35. The minimum absolute atomic E-state index is 0.0255. The topological polar surface area (TPSA) is 83.9 Å². The molecule has 1 aliphatic rings. The Hall–Kier alpha value is -2.80. The number of rotatable bonds is 6. The van der Waals surface area contributed by atoms with Crippen LogP contribution in [-0.4, -0.2) is 60.4 Å². The molecule has 7 heteroatoms. The summed E-state index contributed by atoms with van der Waals surface area (Å²) in [5, 5.41) is 11.7. The molecular formula is C18H21N3O4. The lowest BCUT2D eigenvalue weighted by Gasteiger charge is -2.29. The van der Waals surface area contributed by atoms with Gasteiger partial charge in [0.1, 0.15) is 12.4 Å². The lowest BCUT2D eigenvalue weighted by atomic mass is 10.2. The van der Waals surface area contributed by atoms with Gasteiger partial charge >= 0.3 is 0 Å². The number of ether oxygens (including phenoxy) is 2. The van der Waals surface area contributed by atoms with Crippen LogP contribution in [0.15, 0.2) is 42.6 Å². The number of amides is 1. The van der Waals surface area contributed by atoms with E-state index in [1.54, 1.807) is 24.1 Å². The van der Waals surface area contributed by atoms with E-state index in [9.17, 15) is 4.79 Å². The minimum Gasteiger partial charge on any atom is -0.486 e. The van der Waals surface area contributed by atoms with E-state index in [0.29, 0.717) is 36.8 Å².